The lowest BCUT2D eigenvalue weighted by atomic mass is 9.88. The number of sulfone groups is 1. The molecule has 56 heavy (non-hydrogen) atoms. The van der Waals surface area contributed by atoms with Crippen LogP contribution in [0, 0.1) is 23.4 Å². The maximum absolute atomic E-state index is 14.6. The Balaban J connectivity index is 1.32. The summed E-state index contributed by atoms with van der Waals surface area (Å²) in [5.41, 5.74) is -6.68. The van der Waals surface area contributed by atoms with Crippen LogP contribution in [0.2, 0.25) is 0 Å². The minimum absolute atomic E-state index is 0.0762. The maximum atomic E-state index is 14.6. The quantitative estimate of drug-likeness (QED) is 0.120. The highest BCUT2D eigenvalue weighted by Gasteiger charge is 2.73. The van der Waals surface area contributed by atoms with Crippen LogP contribution in [0.1, 0.15) is 41.0 Å². The first kappa shape index (κ1) is 41.1. The van der Waals surface area contributed by atoms with Crippen molar-refractivity contribution in [3.63, 3.8) is 0 Å². The molecule has 0 bridgehead atoms. The van der Waals surface area contributed by atoms with Gasteiger partial charge in [0, 0.05) is 43.2 Å². The molecule has 4 aromatic rings. The molecule has 3 aromatic carbocycles. The summed E-state index contributed by atoms with van der Waals surface area (Å²) in [6.45, 7) is -2.30. The summed E-state index contributed by atoms with van der Waals surface area (Å²) in [4.78, 5) is 28.8. The number of aromatic nitrogens is 2. The van der Waals surface area contributed by atoms with Gasteiger partial charge in [-0.25, -0.2) is 26.4 Å². The van der Waals surface area contributed by atoms with Crippen molar-refractivity contribution >= 4 is 33.0 Å². The molecule has 0 N–H and O–H groups in total. The second-order valence-electron chi connectivity index (χ2n) is 13.4. The molecule has 2 aliphatic heterocycles. The predicted octanol–water partition coefficient (Wildman–Crippen LogP) is 7.51. The first-order valence-corrected chi connectivity index (χ1v) is 19.3. The molecule has 1 atom stereocenters. The van der Waals surface area contributed by atoms with E-state index in [9.17, 15) is 57.5 Å². The number of alkyl halides is 6. The van der Waals surface area contributed by atoms with Gasteiger partial charge >= 0.3 is 18.4 Å². The first-order chi connectivity index (χ1) is 26.3. The van der Waals surface area contributed by atoms with E-state index in [2.05, 4.69) is 14.9 Å². The van der Waals surface area contributed by atoms with E-state index >= 15 is 0 Å². The smallest absolute Gasteiger partial charge is 0.349 e. The topological polar surface area (TPSA) is 110 Å². The second-order valence-corrected chi connectivity index (χ2v) is 16.6. The number of hydrogen-bond acceptors (Lipinski definition) is 8. The van der Waals surface area contributed by atoms with Gasteiger partial charge in [-0.15, -0.1) is 21.5 Å². The van der Waals surface area contributed by atoms with Crippen molar-refractivity contribution in [2.75, 3.05) is 26.2 Å². The number of urea groups is 1. The molecule has 0 aliphatic carbocycles. The van der Waals surface area contributed by atoms with Gasteiger partial charge in [0.1, 0.15) is 38.5 Å². The van der Waals surface area contributed by atoms with Gasteiger partial charge in [-0.2, -0.15) is 26.3 Å². The Morgan fingerprint density at radius 3 is 2.00 bits per heavy atom. The van der Waals surface area contributed by atoms with Crippen molar-refractivity contribution in [3.05, 3.63) is 111 Å². The zero-order chi connectivity index (χ0) is 40.7. The van der Waals surface area contributed by atoms with Crippen LogP contribution in [-0.2, 0) is 42.7 Å². The normalized spacial score (nSPS) is 18.7. The summed E-state index contributed by atoms with van der Waals surface area (Å²) in [6, 6.07) is 7.32. The summed E-state index contributed by atoms with van der Waals surface area (Å²) in [5, 5.41) is 8.13. The van der Waals surface area contributed by atoms with Gasteiger partial charge in [0.2, 0.25) is 0 Å². The third-order valence-electron chi connectivity index (χ3n) is 10.2. The molecule has 0 saturated carbocycles. The van der Waals surface area contributed by atoms with Crippen molar-refractivity contribution < 1.29 is 62.3 Å². The Labute approximate surface area is 318 Å². The molecule has 0 unspecified atom stereocenters. The number of likely N-dealkylation sites (tertiary alicyclic amines) is 2. The Bertz CT molecular complexity index is 2130. The highest BCUT2D eigenvalue weighted by molar-refractivity contribution is 7.92. The molecule has 2 amide bonds. The fourth-order valence-corrected chi connectivity index (χ4v) is 9.76. The highest BCUT2D eigenvalue weighted by Crippen LogP contribution is 2.54. The Morgan fingerprint density at radius 1 is 0.839 bits per heavy atom. The van der Waals surface area contributed by atoms with Gasteiger partial charge in [0.15, 0.2) is 9.84 Å². The minimum Gasteiger partial charge on any atom is -0.349 e. The predicted molar refractivity (Wildman–Crippen MR) is 181 cm³/mol. The van der Waals surface area contributed by atoms with E-state index in [-0.39, 0.29) is 49.7 Å². The molecule has 1 aromatic heterocycles. The van der Waals surface area contributed by atoms with Crippen LogP contribution in [0.25, 0.3) is 0 Å². The fourth-order valence-electron chi connectivity index (χ4n) is 7.15. The lowest BCUT2D eigenvalue weighted by Gasteiger charge is -2.38. The standard InChI is InChI=1S/C36H31F9N4O5S2/c37-25-8-10-26(11-9-25)56(52,53)33(14-17-49(20-33)32(51)48-15-12-22(13-16-48)30(50)18-31-47-46-21-55-31)23-4-6-24(7-5-23)34(35(40,41)42,36(43,44)45)54-19-27-28(38)2-1-3-29(27)39/h1-11,21-22H,12-20H2/t33-/m0/s1. The summed E-state index contributed by atoms with van der Waals surface area (Å²) in [6.07, 6.45) is -12.2. The van der Waals surface area contributed by atoms with Crippen molar-refractivity contribution in [1.29, 1.82) is 0 Å². The van der Waals surface area contributed by atoms with E-state index in [0.29, 0.717) is 42.1 Å². The van der Waals surface area contributed by atoms with Crippen LogP contribution >= 0.6 is 11.3 Å². The molecule has 2 aliphatic rings. The van der Waals surface area contributed by atoms with Crippen LogP contribution in [-0.4, -0.2) is 78.8 Å². The monoisotopic (exact) mass is 834 g/mol. The summed E-state index contributed by atoms with van der Waals surface area (Å²) >= 11 is 1.23. The lowest BCUT2D eigenvalue weighted by Crippen LogP contribution is -2.56. The van der Waals surface area contributed by atoms with Crippen molar-refractivity contribution in [3.8, 4) is 0 Å². The van der Waals surface area contributed by atoms with Crippen LogP contribution in [0.4, 0.5) is 44.3 Å². The average molecular weight is 835 g/mol. The molecule has 0 spiro atoms. The molecule has 2 fully saturated rings. The Kier molecular flexibility index (Phi) is 11.3. The van der Waals surface area contributed by atoms with E-state index in [1.54, 1.807) is 0 Å². The van der Waals surface area contributed by atoms with Gasteiger partial charge < -0.3 is 14.5 Å². The molecular formula is C36H31F9N4O5S2. The number of carbonyl (C=O) groups excluding carboxylic acids is 2. The first-order valence-electron chi connectivity index (χ1n) is 16.9. The number of carbonyl (C=O) groups is 2. The number of nitrogens with zero attached hydrogens (tertiary/aromatic N) is 4. The lowest BCUT2D eigenvalue weighted by molar-refractivity contribution is -0.392. The SMILES string of the molecule is O=C(Cc1nncs1)C1CCN(C(=O)N2CC[C@](c3ccc(C(OCc4c(F)cccc4F)(C(F)(F)F)C(F)(F)F)cc3)(S(=O)(=O)c3ccc(F)cc3)C2)CC1. The fraction of sp³-hybridized carbons (Fsp3) is 0.389. The number of ether oxygens (including phenoxy) is 1. The third kappa shape index (κ3) is 7.49. The highest BCUT2D eigenvalue weighted by atomic mass is 32.2. The van der Waals surface area contributed by atoms with E-state index < -0.39 is 85.2 Å². The number of ketones is 1. The third-order valence-corrected chi connectivity index (χ3v) is 13.4. The van der Waals surface area contributed by atoms with E-state index in [1.807, 2.05) is 0 Å². The van der Waals surface area contributed by atoms with Crippen LogP contribution in [0.3, 0.4) is 0 Å². The van der Waals surface area contributed by atoms with Gasteiger partial charge in [-0.05, 0) is 61.2 Å². The number of piperidine rings is 1. The van der Waals surface area contributed by atoms with Crippen molar-refractivity contribution in [1.82, 2.24) is 20.0 Å². The largest absolute Gasteiger partial charge is 0.430 e. The van der Waals surface area contributed by atoms with Crippen LogP contribution in [0.5, 0.6) is 0 Å². The Hall–Kier alpha value is -4.56. The number of halogens is 9. The van der Waals surface area contributed by atoms with Crippen LogP contribution in [0.15, 0.2) is 77.1 Å². The molecule has 3 heterocycles. The maximum Gasteiger partial charge on any atom is 0.430 e. The number of amides is 2. The number of benzene rings is 3. The van der Waals surface area contributed by atoms with Gasteiger partial charge in [0.05, 0.1) is 17.9 Å². The number of hydrogen-bond donors (Lipinski definition) is 0. The van der Waals surface area contributed by atoms with E-state index in [0.717, 1.165) is 42.5 Å². The molecule has 20 heteroatoms. The van der Waals surface area contributed by atoms with Gasteiger partial charge in [0.25, 0.3) is 5.60 Å². The van der Waals surface area contributed by atoms with Crippen molar-refractivity contribution in [2.24, 2.45) is 5.92 Å². The molecule has 2 saturated heterocycles. The van der Waals surface area contributed by atoms with Crippen molar-refractivity contribution in [2.45, 2.75) is 59.9 Å². The van der Waals surface area contributed by atoms with E-state index in [4.69, 9.17) is 0 Å². The molecule has 0 radical (unpaired) electrons. The summed E-state index contributed by atoms with van der Waals surface area (Å²) < 4.78 is 161. The van der Waals surface area contributed by atoms with Gasteiger partial charge in [-0.3, -0.25) is 4.79 Å². The number of rotatable bonds is 10. The molecular weight excluding hydrogens is 804 g/mol. The molecule has 6 rings (SSSR count). The second kappa shape index (κ2) is 15.4. The summed E-state index contributed by atoms with van der Waals surface area (Å²) in [7, 11) is -4.67. The minimum atomic E-state index is -6.25. The average Bonchev–Trinajstić information content (AvgIpc) is 3.84. The zero-order valence-corrected chi connectivity index (χ0v) is 30.6. The number of Topliss-reactive ketones (excluding diaryl/α,β-unsaturated/α-hetero) is 1. The Morgan fingerprint density at radius 2 is 1.45 bits per heavy atom. The van der Waals surface area contributed by atoms with Crippen LogP contribution < -0.4 is 0 Å². The zero-order valence-electron chi connectivity index (χ0n) is 28.9. The molecule has 9 nitrogen and oxygen atoms in total. The van der Waals surface area contributed by atoms with Gasteiger partial charge in [-0.1, -0.05) is 30.3 Å². The summed E-state index contributed by atoms with van der Waals surface area (Å²) in [5.74, 6) is -4.13. The molecule has 300 valence electrons. The van der Waals surface area contributed by atoms with E-state index in [1.165, 1.54) is 26.6 Å².